The first-order chi connectivity index (χ1) is 10.0. The number of pyridine rings is 1. The summed E-state index contributed by atoms with van der Waals surface area (Å²) in [7, 11) is 0. The molecule has 0 bridgehead atoms. The molecule has 2 aromatic rings. The van der Waals surface area contributed by atoms with Crippen molar-refractivity contribution in [1.29, 1.82) is 0 Å². The van der Waals surface area contributed by atoms with Crippen LogP contribution in [0.25, 0.3) is 0 Å². The van der Waals surface area contributed by atoms with E-state index in [0.717, 1.165) is 11.8 Å². The molecule has 0 fully saturated rings. The Balaban J connectivity index is 1.96. The first-order valence-corrected chi connectivity index (χ1v) is 6.30. The average Bonchev–Trinajstić information content (AvgIpc) is 2.74. The van der Waals surface area contributed by atoms with E-state index in [1.54, 1.807) is 6.07 Å². The van der Waals surface area contributed by atoms with Gasteiger partial charge in [-0.25, -0.2) is 9.18 Å². The number of carbonyl (C=O) groups excluding carboxylic acids is 1. The van der Waals surface area contributed by atoms with Crippen LogP contribution < -0.4 is 4.90 Å². The van der Waals surface area contributed by atoms with Crippen molar-refractivity contribution in [2.45, 2.75) is 13.0 Å². The SMILES string of the molecule is O=C(O)c1ccc2c(c1)N(Cc1cncc(F)c1)C(=O)C2. The molecule has 106 valence electrons. The van der Waals surface area contributed by atoms with Crippen molar-refractivity contribution in [2.24, 2.45) is 0 Å². The number of aromatic nitrogens is 1. The maximum absolute atomic E-state index is 13.2. The van der Waals surface area contributed by atoms with E-state index in [0.29, 0.717) is 11.3 Å². The summed E-state index contributed by atoms with van der Waals surface area (Å²) in [4.78, 5) is 28.3. The van der Waals surface area contributed by atoms with E-state index in [9.17, 15) is 14.0 Å². The van der Waals surface area contributed by atoms with Gasteiger partial charge in [0.05, 0.1) is 24.7 Å². The summed E-state index contributed by atoms with van der Waals surface area (Å²) >= 11 is 0. The number of anilines is 1. The standard InChI is InChI=1S/C15H11FN2O3/c16-12-3-9(6-17-7-12)8-18-13-4-11(15(20)21)2-1-10(13)5-14(18)19/h1-4,6-7H,5,8H2,(H,20,21). The summed E-state index contributed by atoms with van der Waals surface area (Å²) in [6, 6.07) is 5.89. The molecule has 1 N–H and O–H groups in total. The van der Waals surface area contributed by atoms with E-state index in [4.69, 9.17) is 5.11 Å². The topological polar surface area (TPSA) is 70.5 Å². The van der Waals surface area contributed by atoms with Gasteiger partial charge in [0.2, 0.25) is 5.91 Å². The molecule has 1 aromatic heterocycles. The summed E-state index contributed by atoms with van der Waals surface area (Å²) < 4.78 is 13.2. The second kappa shape index (κ2) is 4.97. The minimum atomic E-state index is -1.05. The zero-order valence-electron chi connectivity index (χ0n) is 10.9. The van der Waals surface area contributed by atoms with Gasteiger partial charge < -0.3 is 10.0 Å². The van der Waals surface area contributed by atoms with E-state index in [-0.39, 0.29) is 24.4 Å². The number of nitrogens with zero attached hydrogens (tertiary/aromatic N) is 2. The molecule has 0 saturated heterocycles. The molecule has 1 aromatic carbocycles. The monoisotopic (exact) mass is 286 g/mol. The van der Waals surface area contributed by atoms with E-state index in [1.807, 2.05) is 0 Å². The molecular formula is C15H11FN2O3. The molecule has 1 amide bonds. The van der Waals surface area contributed by atoms with E-state index in [1.165, 1.54) is 29.3 Å². The van der Waals surface area contributed by atoms with Crippen LogP contribution in [-0.4, -0.2) is 22.0 Å². The van der Waals surface area contributed by atoms with Crippen molar-refractivity contribution in [1.82, 2.24) is 4.98 Å². The summed E-state index contributed by atoms with van der Waals surface area (Å²) in [5.41, 5.74) is 2.00. The van der Waals surface area contributed by atoms with Crippen molar-refractivity contribution in [3.05, 3.63) is 59.2 Å². The predicted octanol–water partition coefficient (Wildman–Crippen LogP) is 2.01. The van der Waals surface area contributed by atoms with Gasteiger partial charge in [-0.05, 0) is 29.3 Å². The van der Waals surface area contributed by atoms with Gasteiger partial charge in [0, 0.05) is 11.9 Å². The number of hydrogen-bond acceptors (Lipinski definition) is 3. The second-order valence-corrected chi connectivity index (χ2v) is 4.82. The van der Waals surface area contributed by atoms with Crippen molar-refractivity contribution in [3.8, 4) is 0 Å². The highest BCUT2D eigenvalue weighted by molar-refractivity contribution is 6.02. The van der Waals surface area contributed by atoms with Gasteiger partial charge in [0.25, 0.3) is 0 Å². The second-order valence-electron chi connectivity index (χ2n) is 4.82. The van der Waals surface area contributed by atoms with Crippen LogP contribution in [-0.2, 0) is 17.8 Å². The van der Waals surface area contributed by atoms with Gasteiger partial charge in [0.1, 0.15) is 5.82 Å². The molecule has 0 radical (unpaired) electrons. The Morgan fingerprint density at radius 2 is 2.14 bits per heavy atom. The van der Waals surface area contributed by atoms with Gasteiger partial charge in [0.15, 0.2) is 0 Å². The number of hydrogen-bond donors (Lipinski definition) is 1. The third-order valence-electron chi connectivity index (χ3n) is 3.37. The number of fused-ring (bicyclic) bond motifs is 1. The molecule has 0 spiro atoms. The highest BCUT2D eigenvalue weighted by atomic mass is 19.1. The first-order valence-electron chi connectivity index (χ1n) is 6.30. The van der Waals surface area contributed by atoms with Crippen molar-refractivity contribution in [3.63, 3.8) is 0 Å². The summed E-state index contributed by atoms with van der Waals surface area (Å²) in [5, 5.41) is 9.03. The number of halogens is 1. The van der Waals surface area contributed by atoms with Crippen LogP contribution in [0, 0.1) is 5.82 Å². The third-order valence-corrected chi connectivity index (χ3v) is 3.37. The Kier molecular flexibility index (Phi) is 3.13. The number of carbonyl (C=O) groups is 2. The number of benzene rings is 1. The van der Waals surface area contributed by atoms with Crippen LogP contribution in [0.2, 0.25) is 0 Å². The van der Waals surface area contributed by atoms with E-state index in [2.05, 4.69) is 4.98 Å². The lowest BCUT2D eigenvalue weighted by Gasteiger charge is -2.17. The Hall–Kier alpha value is -2.76. The molecule has 1 aliphatic heterocycles. The minimum absolute atomic E-state index is 0.116. The van der Waals surface area contributed by atoms with Gasteiger partial charge in [-0.3, -0.25) is 9.78 Å². The zero-order chi connectivity index (χ0) is 15.0. The lowest BCUT2D eigenvalue weighted by molar-refractivity contribution is -0.117. The fraction of sp³-hybridized carbons (Fsp3) is 0.133. The Bertz CT molecular complexity index is 745. The quantitative estimate of drug-likeness (QED) is 0.937. The molecule has 0 aliphatic carbocycles. The molecular weight excluding hydrogens is 275 g/mol. The van der Waals surface area contributed by atoms with Gasteiger partial charge >= 0.3 is 5.97 Å². The summed E-state index contributed by atoms with van der Waals surface area (Å²) in [5.74, 6) is -1.67. The molecule has 21 heavy (non-hydrogen) atoms. The summed E-state index contributed by atoms with van der Waals surface area (Å²) in [6.45, 7) is 0.166. The maximum atomic E-state index is 13.2. The van der Waals surface area contributed by atoms with Crippen LogP contribution in [0.5, 0.6) is 0 Å². The largest absolute Gasteiger partial charge is 0.478 e. The molecule has 0 unspecified atom stereocenters. The molecule has 0 atom stereocenters. The average molecular weight is 286 g/mol. The Morgan fingerprint density at radius 3 is 2.86 bits per heavy atom. The van der Waals surface area contributed by atoms with Crippen LogP contribution >= 0.6 is 0 Å². The fourth-order valence-corrected chi connectivity index (χ4v) is 2.39. The maximum Gasteiger partial charge on any atom is 0.335 e. The normalized spacial score (nSPS) is 13.4. The van der Waals surface area contributed by atoms with E-state index >= 15 is 0 Å². The van der Waals surface area contributed by atoms with E-state index < -0.39 is 11.8 Å². The minimum Gasteiger partial charge on any atom is -0.478 e. The summed E-state index contributed by atoms with van der Waals surface area (Å²) in [6.07, 6.45) is 2.79. The number of amides is 1. The Morgan fingerprint density at radius 1 is 1.33 bits per heavy atom. The van der Waals surface area contributed by atoms with Gasteiger partial charge in [-0.1, -0.05) is 6.07 Å². The smallest absolute Gasteiger partial charge is 0.335 e. The number of carboxylic acids is 1. The Labute approximate surface area is 119 Å². The fourth-order valence-electron chi connectivity index (χ4n) is 2.39. The zero-order valence-corrected chi connectivity index (χ0v) is 10.9. The lowest BCUT2D eigenvalue weighted by atomic mass is 10.1. The molecule has 5 nitrogen and oxygen atoms in total. The number of aromatic carboxylic acids is 1. The van der Waals surface area contributed by atoms with Crippen molar-refractivity contribution >= 4 is 17.6 Å². The van der Waals surface area contributed by atoms with Crippen LogP contribution in [0.4, 0.5) is 10.1 Å². The molecule has 6 heteroatoms. The lowest BCUT2D eigenvalue weighted by Crippen LogP contribution is -2.26. The highest BCUT2D eigenvalue weighted by Crippen LogP contribution is 2.31. The van der Waals surface area contributed by atoms with Crippen molar-refractivity contribution in [2.75, 3.05) is 4.90 Å². The molecule has 1 aliphatic rings. The first kappa shape index (κ1) is 13.2. The molecule has 2 heterocycles. The van der Waals surface area contributed by atoms with Crippen molar-refractivity contribution < 1.29 is 19.1 Å². The predicted molar refractivity (Wildman–Crippen MR) is 72.5 cm³/mol. The van der Waals surface area contributed by atoms with Crippen LogP contribution in [0.1, 0.15) is 21.5 Å². The number of rotatable bonds is 3. The number of carboxylic acid groups (broad SMARTS) is 1. The van der Waals surface area contributed by atoms with Crippen LogP contribution in [0.15, 0.2) is 36.7 Å². The third kappa shape index (κ3) is 2.47. The van der Waals surface area contributed by atoms with Gasteiger partial charge in [-0.2, -0.15) is 0 Å². The molecule has 3 rings (SSSR count). The van der Waals surface area contributed by atoms with Crippen LogP contribution in [0.3, 0.4) is 0 Å². The molecule has 0 saturated carbocycles. The highest BCUT2D eigenvalue weighted by Gasteiger charge is 2.28. The van der Waals surface area contributed by atoms with Gasteiger partial charge in [-0.15, -0.1) is 0 Å².